The number of methoxy groups -OCH3 is 1. The number of anilines is 2. The molecule has 0 bridgehead atoms. The Hall–Kier alpha value is -2.68. The third-order valence-corrected chi connectivity index (χ3v) is 4.26. The van der Waals surface area contributed by atoms with Crippen molar-refractivity contribution in [1.82, 2.24) is 0 Å². The van der Waals surface area contributed by atoms with E-state index in [0.29, 0.717) is 0 Å². The molecule has 0 aliphatic carbocycles. The quantitative estimate of drug-likeness (QED) is 0.727. The fourth-order valence-corrected chi connectivity index (χ4v) is 3.04. The Labute approximate surface area is 137 Å². The minimum atomic E-state index is 0.838. The molecule has 0 aliphatic heterocycles. The molecule has 2 N–H and O–H groups in total. The first-order valence-electron chi connectivity index (χ1n) is 7.80. The molecule has 0 saturated heterocycles. The van der Waals surface area contributed by atoms with Gasteiger partial charge in [-0.05, 0) is 46.2 Å². The summed E-state index contributed by atoms with van der Waals surface area (Å²) in [4.78, 5) is 0. The van der Waals surface area contributed by atoms with Gasteiger partial charge < -0.3 is 15.4 Å². The molecule has 0 amide bonds. The summed E-state index contributed by atoms with van der Waals surface area (Å²) in [6.07, 6.45) is 0.838. The van der Waals surface area contributed by atoms with E-state index in [2.05, 4.69) is 59.2 Å². The molecule has 0 saturated carbocycles. The molecular weight excluding hydrogens is 284 g/mol. The Morgan fingerprint density at radius 2 is 1.61 bits per heavy atom. The summed E-state index contributed by atoms with van der Waals surface area (Å²) in [6, 6.07) is 19.0. The van der Waals surface area contributed by atoms with Gasteiger partial charge in [-0.1, -0.05) is 30.3 Å². The van der Waals surface area contributed by atoms with Crippen LogP contribution in [0.15, 0.2) is 54.6 Å². The molecule has 0 spiro atoms. The highest BCUT2D eigenvalue weighted by atomic mass is 16.5. The van der Waals surface area contributed by atoms with Gasteiger partial charge >= 0.3 is 0 Å². The van der Waals surface area contributed by atoms with Crippen molar-refractivity contribution in [3.8, 4) is 5.75 Å². The van der Waals surface area contributed by atoms with Crippen molar-refractivity contribution in [3.05, 3.63) is 65.7 Å². The van der Waals surface area contributed by atoms with Crippen LogP contribution in [0.25, 0.3) is 10.8 Å². The highest BCUT2D eigenvalue weighted by Crippen LogP contribution is 2.31. The van der Waals surface area contributed by atoms with E-state index >= 15 is 0 Å². The van der Waals surface area contributed by atoms with Gasteiger partial charge in [-0.3, -0.25) is 0 Å². The fraction of sp³-hybridized carbons (Fsp3) is 0.200. The van der Waals surface area contributed by atoms with Crippen LogP contribution in [0.2, 0.25) is 0 Å². The van der Waals surface area contributed by atoms with Gasteiger partial charge in [0.15, 0.2) is 0 Å². The van der Waals surface area contributed by atoms with E-state index in [-0.39, 0.29) is 0 Å². The maximum atomic E-state index is 5.39. The molecule has 0 radical (unpaired) electrons. The first-order valence-corrected chi connectivity index (χ1v) is 7.80. The van der Waals surface area contributed by atoms with Gasteiger partial charge in [-0.2, -0.15) is 0 Å². The molecule has 23 heavy (non-hydrogen) atoms. The number of hydrogen-bond donors (Lipinski definition) is 2. The van der Waals surface area contributed by atoms with Gasteiger partial charge in [0.1, 0.15) is 5.75 Å². The topological polar surface area (TPSA) is 33.3 Å². The summed E-state index contributed by atoms with van der Waals surface area (Å²) in [5, 5.41) is 9.14. The van der Waals surface area contributed by atoms with Crippen molar-refractivity contribution in [2.75, 3.05) is 31.8 Å². The van der Waals surface area contributed by atoms with Crippen LogP contribution in [0.5, 0.6) is 5.75 Å². The molecule has 0 fully saturated rings. The monoisotopic (exact) mass is 306 g/mol. The second kappa shape index (κ2) is 6.61. The molecule has 0 aliphatic rings. The molecule has 118 valence electrons. The van der Waals surface area contributed by atoms with Crippen molar-refractivity contribution < 1.29 is 4.74 Å². The molecule has 0 atom stereocenters. The van der Waals surface area contributed by atoms with Crippen molar-refractivity contribution in [3.63, 3.8) is 0 Å². The Balaban J connectivity index is 2.14. The Kier molecular flexibility index (Phi) is 4.38. The van der Waals surface area contributed by atoms with Gasteiger partial charge in [0.25, 0.3) is 0 Å². The lowest BCUT2D eigenvalue weighted by Crippen LogP contribution is -2.01. The van der Waals surface area contributed by atoms with E-state index in [9.17, 15) is 0 Å². The second-order valence-corrected chi connectivity index (χ2v) is 5.51. The zero-order valence-corrected chi connectivity index (χ0v) is 13.8. The highest BCUT2D eigenvalue weighted by Gasteiger charge is 2.11. The standard InChI is InChI=1S/C20H22N2O/c1-21-19-11-9-16(23-3)12-15(19)13-18-17-7-5-4-6-14(17)8-10-20(18)22-2/h4-12,21-22H,13H2,1-3H3. The molecule has 0 heterocycles. The first kappa shape index (κ1) is 15.2. The average molecular weight is 306 g/mol. The van der Waals surface area contributed by atoms with E-state index in [1.165, 1.54) is 21.9 Å². The van der Waals surface area contributed by atoms with Crippen LogP contribution < -0.4 is 15.4 Å². The Morgan fingerprint density at radius 3 is 2.35 bits per heavy atom. The molecular formula is C20H22N2O. The summed E-state index contributed by atoms with van der Waals surface area (Å²) < 4.78 is 5.39. The summed E-state index contributed by atoms with van der Waals surface area (Å²) in [5.41, 5.74) is 4.81. The fourth-order valence-electron chi connectivity index (χ4n) is 3.04. The Morgan fingerprint density at radius 1 is 0.870 bits per heavy atom. The van der Waals surface area contributed by atoms with Crippen LogP contribution in [-0.4, -0.2) is 21.2 Å². The van der Waals surface area contributed by atoms with E-state index in [1.54, 1.807) is 7.11 Å². The third kappa shape index (κ3) is 2.95. The maximum Gasteiger partial charge on any atom is 0.119 e. The molecule has 3 nitrogen and oxygen atoms in total. The predicted octanol–water partition coefficient (Wildman–Crippen LogP) is 4.52. The minimum absolute atomic E-state index is 0.838. The van der Waals surface area contributed by atoms with Crippen molar-refractivity contribution in [1.29, 1.82) is 0 Å². The molecule has 0 unspecified atom stereocenters. The van der Waals surface area contributed by atoms with Crippen LogP contribution in [-0.2, 0) is 6.42 Å². The van der Waals surface area contributed by atoms with Crippen molar-refractivity contribution in [2.24, 2.45) is 0 Å². The van der Waals surface area contributed by atoms with Crippen molar-refractivity contribution >= 4 is 22.1 Å². The lowest BCUT2D eigenvalue weighted by molar-refractivity contribution is 0.414. The first-order chi connectivity index (χ1) is 11.3. The molecule has 0 aromatic heterocycles. The smallest absolute Gasteiger partial charge is 0.119 e. The van der Waals surface area contributed by atoms with Gasteiger partial charge in [-0.25, -0.2) is 0 Å². The van der Waals surface area contributed by atoms with Crippen LogP contribution in [0.3, 0.4) is 0 Å². The minimum Gasteiger partial charge on any atom is -0.497 e. The van der Waals surface area contributed by atoms with Crippen LogP contribution in [0, 0.1) is 0 Å². The van der Waals surface area contributed by atoms with Gasteiger partial charge in [-0.15, -0.1) is 0 Å². The van der Waals surface area contributed by atoms with Crippen LogP contribution in [0.1, 0.15) is 11.1 Å². The van der Waals surface area contributed by atoms with E-state index < -0.39 is 0 Å². The zero-order valence-electron chi connectivity index (χ0n) is 13.8. The number of fused-ring (bicyclic) bond motifs is 1. The summed E-state index contributed by atoms with van der Waals surface area (Å²) in [6.45, 7) is 0. The number of nitrogens with one attached hydrogen (secondary N) is 2. The lowest BCUT2D eigenvalue weighted by atomic mass is 9.95. The second-order valence-electron chi connectivity index (χ2n) is 5.51. The summed E-state index contributed by atoms with van der Waals surface area (Å²) in [7, 11) is 5.63. The van der Waals surface area contributed by atoms with Crippen LogP contribution >= 0.6 is 0 Å². The van der Waals surface area contributed by atoms with Crippen LogP contribution in [0.4, 0.5) is 11.4 Å². The largest absolute Gasteiger partial charge is 0.497 e. The Bertz CT molecular complexity index is 827. The normalized spacial score (nSPS) is 10.6. The molecule has 3 heteroatoms. The van der Waals surface area contributed by atoms with Gasteiger partial charge in [0.2, 0.25) is 0 Å². The summed E-state index contributed by atoms with van der Waals surface area (Å²) >= 11 is 0. The maximum absolute atomic E-state index is 5.39. The third-order valence-electron chi connectivity index (χ3n) is 4.26. The summed E-state index contributed by atoms with van der Waals surface area (Å²) in [5.74, 6) is 0.880. The SMILES string of the molecule is CNc1ccc(OC)cc1Cc1c(NC)ccc2ccccc12. The molecule has 3 aromatic rings. The molecule has 3 rings (SSSR count). The van der Waals surface area contributed by atoms with Crippen molar-refractivity contribution in [2.45, 2.75) is 6.42 Å². The number of rotatable bonds is 5. The number of ether oxygens (including phenoxy) is 1. The number of hydrogen-bond acceptors (Lipinski definition) is 3. The van der Waals surface area contributed by atoms with E-state index in [1.807, 2.05) is 20.2 Å². The predicted molar refractivity (Wildman–Crippen MR) is 98.8 cm³/mol. The van der Waals surface area contributed by atoms with E-state index in [0.717, 1.165) is 23.5 Å². The average Bonchev–Trinajstić information content (AvgIpc) is 2.62. The lowest BCUT2D eigenvalue weighted by Gasteiger charge is -2.16. The van der Waals surface area contributed by atoms with Gasteiger partial charge in [0, 0.05) is 31.9 Å². The zero-order chi connectivity index (χ0) is 16.2. The van der Waals surface area contributed by atoms with Gasteiger partial charge in [0.05, 0.1) is 7.11 Å². The highest BCUT2D eigenvalue weighted by molar-refractivity contribution is 5.90. The molecule has 3 aromatic carbocycles. The number of benzene rings is 3. The van der Waals surface area contributed by atoms with E-state index in [4.69, 9.17) is 4.74 Å².